The molecular weight excluding hydrogens is 247 g/mol. The number of esters is 1. The van der Waals surface area contributed by atoms with Crippen molar-refractivity contribution < 1.29 is 22.7 Å². The van der Waals surface area contributed by atoms with E-state index in [-0.39, 0.29) is 12.2 Å². The predicted molar refractivity (Wildman–Crippen MR) is 50.1 cm³/mol. The molecule has 0 unspecified atom stereocenters. The predicted octanol–water partition coefficient (Wildman–Crippen LogP) is 2.99. The third-order valence-electron chi connectivity index (χ3n) is 1.69. The molecule has 1 heterocycles. The number of pyridine rings is 1. The molecule has 0 spiro atoms. The lowest BCUT2D eigenvalue weighted by Gasteiger charge is -2.06. The number of hydrogen-bond acceptors (Lipinski definition) is 3. The topological polar surface area (TPSA) is 39.2 Å². The Balaban J connectivity index is 3.19. The summed E-state index contributed by atoms with van der Waals surface area (Å²) in [6.45, 7) is 1.59. The van der Waals surface area contributed by atoms with Gasteiger partial charge in [0.05, 0.1) is 17.7 Å². The van der Waals surface area contributed by atoms with E-state index in [1.807, 2.05) is 0 Å². The zero-order valence-corrected chi connectivity index (χ0v) is 8.89. The molecule has 0 atom stereocenters. The van der Waals surface area contributed by atoms with Crippen LogP contribution < -0.4 is 0 Å². The second-order valence-electron chi connectivity index (χ2n) is 2.73. The lowest BCUT2D eigenvalue weighted by atomic mass is 10.2. The van der Waals surface area contributed by atoms with E-state index in [4.69, 9.17) is 11.6 Å². The molecule has 1 rings (SSSR count). The number of halogens is 4. The third kappa shape index (κ3) is 2.63. The highest BCUT2D eigenvalue weighted by Gasteiger charge is 2.21. The lowest BCUT2D eigenvalue weighted by molar-refractivity contribution is 0.0525. The van der Waals surface area contributed by atoms with Gasteiger partial charge >= 0.3 is 5.97 Å². The van der Waals surface area contributed by atoms with Gasteiger partial charge in [-0.15, -0.1) is 0 Å². The summed E-state index contributed by atoms with van der Waals surface area (Å²) < 4.78 is 42.1. The molecule has 88 valence electrons. The molecule has 0 radical (unpaired) electrons. The van der Waals surface area contributed by atoms with Crippen LogP contribution in [-0.2, 0) is 4.74 Å². The number of hydrogen-bond donors (Lipinski definition) is 0. The molecule has 0 aliphatic heterocycles. The molecule has 0 amide bonds. The van der Waals surface area contributed by atoms with Gasteiger partial charge in [-0.3, -0.25) is 0 Å². The molecule has 0 aliphatic rings. The van der Waals surface area contributed by atoms with Gasteiger partial charge in [0.25, 0.3) is 6.43 Å². The molecule has 16 heavy (non-hydrogen) atoms. The van der Waals surface area contributed by atoms with Crippen molar-refractivity contribution in [2.75, 3.05) is 6.61 Å². The zero-order valence-electron chi connectivity index (χ0n) is 8.14. The van der Waals surface area contributed by atoms with Gasteiger partial charge in [0.2, 0.25) is 5.95 Å². The fraction of sp³-hybridized carbons (Fsp3) is 0.333. The molecule has 7 heteroatoms. The van der Waals surface area contributed by atoms with Crippen molar-refractivity contribution in [2.45, 2.75) is 13.3 Å². The summed E-state index contributed by atoms with van der Waals surface area (Å²) in [4.78, 5) is 14.3. The normalized spacial score (nSPS) is 10.6. The molecule has 1 aromatic heterocycles. The number of carbonyl (C=O) groups excluding carboxylic acids is 1. The Kier molecular flexibility index (Phi) is 4.12. The Bertz CT molecular complexity index is 412. The summed E-state index contributed by atoms with van der Waals surface area (Å²) in [5, 5.41) is -0.500. The average molecular weight is 254 g/mol. The van der Waals surface area contributed by atoms with Gasteiger partial charge in [-0.05, 0) is 13.0 Å². The average Bonchev–Trinajstić information content (AvgIpc) is 2.17. The van der Waals surface area contributed by atoms with Crippen molar-refractivity contribution >= 4 is 17.6 Å². The van der Waals surface area contributed by atoms with Crippen LogP contribution in [0.1, 0.15) is 29.3 Å². The van der Waals surface area contributed by atoms with Crippen molar-refractivity contribution in [1.29, 1.82) is 0 Å². The SMILES string of the molecule is CCOC(=O)c1cc(C(F)F)c(F)nc1Cl. The molecule has 0 bridgehead atoms. The molecule has 0 saturated carbocycles. The minimum absolute atomic E-state index is 0.0521. The van der Waals surface area contributed by atoms with Crippen LogP contribution in [0, 0.1) is 5.95 Å². The highest BCUT2D eigenvalue weighted by molar-refractivity contribution is 6.32. The highest BCUT2D eigenvalue weighted by atomic mass is 35.5. The fourth-order valence-corrected chi connectivity index (χ4v) is 1.20. The van der Waals surface area contributed by atoms with Gasteiger partial charge in [0.1, 0.15) is 5.15 Å². The minimum Gasteiger partial charge on any atom is -0.462 e. The lowest BCUT2D eigenvalue weighted by Crippen LogP contribution is -2.09. The zero-order chi connectivity index (χ0) is 12.3. The van der Waals surface area contributed by atoms with E-state index in [0.29, 0.717) is 6.07 Å². The molecule has 0 aliphatic carbocycles. The standard InChI is InChI=1S/C9H7ClF3NO2/c1-2-16-9(15)4-3-5(7(11)12)8(13)14-6(4)10/h3,7H,2H2,1H3. The van der Waals surface area contributed by atoms with Crippen LogP contribution in [0.4, 0.5) is 13.2 Å². The smallest absolute Gasteiger partial charge is 0.341 e. The van der Waals surface area contributed by atoms with E-state index in [9.17, 15) is 18.0 Å². The number of rotatable bonds is 3. The van der Waals surface area contributed by atoms with Crippen LogP contribution in [0.15, 0.2) is 6.07 Å². The van der Waals surface area contributed by atoms with Gasteiger partial charge in [-0.2, -0.15) is 4.39 Å². The van der Waals surface area contributed by atoms with E-state index in [0.717, 1.165) is 0 Å². The summed E-state index contributed by atoms with van der Waals surface area (Å²) in [5.74, 6) is -2.31. The van der Waals surface area contributed by atoms with E-state index < -0.39 is 29.1 Å². The number of alkyl halides is 2. The van der Waals surface area contributed by atoms with Crippen LogP contribution in [0.3, 0.4) is 0 Å². The molecule has 3 nitrogen and oxygen atoms in total. The van der Waals surface area contributed by atoms with E-state index in [2.05, 4.69) is 9.72 Å². The Hall–Kier alpha value is -1.30. The van der Waals surface area contributed by atoms with E-state index in [1.54, 1.807) is 0 Å². The first kappa shape index (κ1) is 12.8. The monoisotopic (exact) mass is 253 g/mol. The van der Waals surface area contributed by atoms with Gasteiger partial charge < -0.3 is 4.74 Å². The maximum Gasteiger partial charge on any atom is 0.341 e. The van der Waals surface area contributed by atoms with Gasteiger partial charge in [0, 0.05) is 0 Å². The van der Waals surface area contributed by atoms with Crippen molar-refractivity contribution in [3.8, 4) is 0 Å². The second-order valence-corrected chi connectivity index (χ2v) is 3.09. The molecule has 0 fully saturated rings. The number of carbonyl (C=O) groups is 1. The first-order valence-corrected chi connectivity index (χ1v) is 4.66. The third-order valence-corrected chi connectivity index (χ3v) is 1.98. The van der Waals surface area contributed by atoms with Crippen LogP contribution in [0.25, 0.3) is 0 Å². The van der Waals surface area contributed by atoms with Crippen molar-refractivity contribution in [1.82, 2.24) is 4.98 Å². The summed E-state index contributed by atoms with van der Waals surface area (Å²) in [7, 11) is 0. The summed E-state index contributed by atoms with van der Waals surface area (Å²) in [5.41, 5.74) is -1.35. The summed E-state index contributed by atoms with van der Waals surface area (Å²) in [6.07, 6.45) is -3.07. The van der Waals surface area contributed by atoms with Crippen LogP contribution in [0.5, 0.6) is 0 Å². The highest BCUT2D eigenvalue weighted by Crippen LogP contribution is 2.25. The molecular formula is C9H7ClF3NO2. The Morgan fingerprint density at radius 3 is 2.75 bits per heavy atom. The summed E-state index contributed by atoms with van der Waals surface area (Å²) >= 11 is 5.44. The molecule has 1 aromatic rings. The van der Waals surface area contributed by atoms with Crippen molar-refractivity contribution in [3.05, 3.63) is 28.3 Å². The van der Waals surface area contributed by atoms with Crippen LogP contribution in [0.2, 0.25) is 5.15 Å². The molecule has 0 aromatic carbocycles. The van der Waals surface area contributed by atoms with Gasteiger partial charge in [0.15, 0.2) is 0 Å². The Labute approximate surface area is 94.2 Å². The Morgan fingerprint density at radius 1 is 1.62 bits per heavy atom. The van der Waals surface area contributed by atoms with Crippen molar-refractivity contribution in [3.63, 3.8) is 0 Å². The minimum atomic E-state index is -3.07. The van der Waals surface area contributed by atoms with Crippen molar-refractivity contribution in [2.24, 2.45) is 0 Å². The largest absolute Gasteiger partial charge is 0.462 e. The Morgan fingerprint density at radius 2 is 2.25 bits per heavy atom. The molecule has 0 saturated heterocycles. The second kappa shape index (κ2) is 5.16. The first-order chi connectivity index (χ1) is 7.47. The molecule has 0 N–H and O–H groups in total. The van der Waals surface area contributed by atoms with Gasteiger partial charge in [-0.1, -0.05) is 11.6 Å². The van der Waals surface area contributed by atoms with Gasteiger partial charge in [-0.25, -0.2) is 18.6 Å². The number of nitrogens with zero attached hydrogens (tertiary/aromatic N) is 1. The van der Waals surface area contributed by atoms with E-state index in [1.165, 1.54) is 6.92 Å². The van der Waals surface area contributed by atoms with Crippen LogP contribution in [-0.4, -0.2) is 17.6 Å². The quantitative estimate of drug-likeness (QED) is 0.614. The summed E-state index contributed by atoms with van der Waals surface area (Å²) in [6, 6.07) is 0.646. The van der Waals surface area contributed by atoms with Crippen LogP contribution >= 0.6 is 11.6 Å². The first-order valence-electron chi connectivity index (χ1n) is 4.28. The fourth-order valence-electron chi connectivity index (χ4n) is 0.991. The number of aromatic nitrogens is 1. The maximum absolute atomic E-state index is 12.9. The maximum atomic E-state index is 12.9. The van der Waals surface area contributed by atoms with E-state index >= 15 is 0 Å². The number of ether oxygens (including phenoxy) is 1.